The van der Waals surface area contributed by atoms with E-state index in [1.54, 1.807) is 23.2 Å². The van der Waals surface area contributed by atoms with Crippen molar-refractivity contribution in [3.8, 4) is 0 Å². The highest BCUT2D eigenvalue weighted by atomic mass is 32.1. The Balaban J connectivity index is 1.81. The molecule has 2 amide bonds. The van der Waals surface area contributed by atoms with E-state index in [1.807, 2.05) is 17.5 Å². The fourth-order valence-electron chi connectivity index (χ4n) is 2.10. The minimum Gasteiger partial charge on any atom is -0.481 e. The van der Waals surface area contributed by atoms with E-state index in [0.29, 0.717) is 32.5 Å². The van der Waals surface area contributed by atoms with Gasteiger partial charge in [0, 0.05) is 18.0 Å². The van der Waals surface area contributed by atoms with E-state index in [0.717, 1.165) is 4.88 Å². The summed E-state index contributed by atoms with van der Waals surface area (Å²) in [5.41, 5.74) is -0.690. The Labute approximate surface area is 116 Å². The molecule has 0 aromatic carbocycles. The molecule has 1 aliphatic rings. The Morgan fingerprint density at radius 3 is 2.68 bits per heavy atom. The van der Waals surface area contributed by atoms with Crippen molar-refractivity contribution in [3.05, 3.63) is 22.4 Å². The van der Waals surface area contributed by atoms with E-state index in [-0.39, 0.29) is 6.03 Å². The minimum atomic E-state index is -0.772. The molecule has 1 aromatic rings. The van der Waals surface area contributed by atoms with Crippen LogP contribution in [0.3, 0.4) is 0 Å². The molecule has 2 heterocycles. The lowest BCUT2D eigenvalue weighted by molar-refractivity contribution is -0.150. The van der Waals surface area contributed by atoms with E-state index < -0.39 is 11.4 Å². The molecule has 1 fully saturated rings. The first kappa shape index (κ1) is 13.9. The fraction of sp³-hybridized carbons (Fsp3) is 0.538. The number of urea groups is 1. The van der Waals surface area contributed by atoms with Gasteiger partial charge in [-0.05, 0) is 31.2 Å². The molecule has 5 nitrogen and oxygen atoms in total. The Hall–Kier alpha value is -1.56. The number of hydrogen-bond acceptors (Lipinski definition) is 3. The highest BCUT2D eigenvalue weighted by Crippen LogP contribution is 2.30. The van der Waals surface area contributed by atoms with Crippen molar-refractivity contribution >= 4 is 23.3 Å². The Kier molecular flexibility index (Phi) is 4.09. The summed E-state index contributed by atoms with van der Waals surface area (Å²) in [5.74, 6) is -0.772. The Morgan fingerprint density at radius 2 is 2.16 bits per heavy atom. The Bertz CT molecular complexity index is 450. The van der Waals surface area contributed by atoms with Crippen molar-refractivity contribution in [2.24, 2.45) is 5.41 Å². The number of rotatable bonds is 3. The summed E-state index contributed by atoms with van der Waals surface area (Å²) in [7, 11) is 0. The van der Waals surface area contributed by atoms with E-state index >= 15 is 0 Å². The van der Waals surface area contributed by atoms with E-state index in [1.165, 1.54) is 0 Å². The molecule has 2 rings (SSSR count). The molecule has 19 heavy (non-hydrogen) atoms. The summed E-state index contributed by atoms with van der Waals surface area (Å²) in [5, 5.41) is 14.0. The van der Waals surface area contributed by atoms with Crippen LogP contribution in [0.1, 0.15) is 24.6 Å². The number of likely N-dealkylation sites (tertiary alicyclic amines) is 1. The van der Waals surface area contributed by atoms with Crippen LogP contribution in [0, 0.1) is 5.41 Å². The third-order valence-corrected chi connectivity index (χ3v) is 4.54. The highest BCUT2D eigenvalue weighted by molar-refractivity contribution is 7.09. The number of piperidine rings is 1. The van der Waals surface area contributed by atoms with Crippen molar-refractivity contribution in [2.45, 2.75) is 26.3 Å². The second-order valence-corrected chi connectivity index (χ2v) is 6.12. The van der Waals surface area contributed by atoms with Crippen molar-refractivity contribution in [2.75, 3.05) is 13.1 Å². The van der Waals surface area contributed by atoms with Gasteiger partial charge in [0.15, 0.2) is 0 Å². The number of nitrogens with one attached hydrogen (secondary N) is 1. The lowest BCUT2D eigenvalue weighted by Gasteiger charge is -2.36. The molecule has 0 radical (unpaired) electrons. The normalized spacial score (nSPS) is 18.1. The van der Waals surface area contributed by atoms with Crippen molar-refractivity contribution < 1.29 is 14.7 Å². The average molecular weight is 282 g/mol. The van der Waals surface area contributed by atoms with Crippen LogP contribution in [-0.2, 0) is 11.3 Å². The van der Waals surface area contributed by atoms with Gasteiger partial charge in [-0.3, -0.25) is 4.79 Å². The number of carboxylic acids is 1. The van der Waals surface area contributed by atoms with Crippen LogP contribution in [0.25, 0.3) is 0 Å². The van der Waals surface area contributed by atoms with Crippen molar-refractivity contribution in [3.63, 3.8) is 0 Å². The molecule has 1 aliphatic heterocycles. The molecular weight excluding hydrogens is 264 g/mol. The maximum Gasteiger partial charge on any atom is 0.317 e. The van der Waals surface area contributed by atoms with Crippen LogP contribution >= 0.6 is 11.3 Å². The molecule has 0 spiro atoms. The van der Waals surface area contributed by atoms with Gasteiger partial charge in [-0.2, -0.15) is 0 Å². The Morgan fingerprint density at radius 1 is 1.47 bits per heavy atom. The first-order chi connectivity index (χ1) is 9.01. The van der Waals surface area contributed by atoms with Crippen molar-refractivity contribution in [1.82, 2.24) is 10.2 Å². The lowest BCUT2D eigenvalue weighted by atomic mass is 9.80. The minimum absolute atomic E-state index is 0.110. The largest absolute Gasteiger partial charge is 0.481 e. The quantitative estimate of drug-likeness (QED) is 0.892. The van der Waals surface area contributed by atoms with Gasteiger partial charge in [0.2, 0.25) is 0 Å². The average Bonchev–Trinajstić information content (AvgIpc) is 2.90. The fourth-order valence-corrected chi connectivity index (χ4v) is 2.75. The SMILES string of the molecule is CC1(C(=O)O)CCN(C(=O)NCc2cccs2)CC1. The van der Waals surface area contributed by atoms with Crippen LogP contribution in [0.4, 0.5) is 4.79 Å². The predicted molar refractivity (Wildman–Crippen MR) is 73.1 cm³/mol. The van der Waals surface area contributed by atoms with Gasteiger partial charge in [0.1, 0.15) is 0 Å². The number of nitrogens with zero attached hydrogens (tertiary/aromatic N) is 1. The third-order valence-electron chi connectivity index (χ3n) is 3.66. The van der Waals surface area contributed by atoms with Crippen LogP contribution in [0.2, 0.25) is 0 Å². The molecule has 1 aromatic heterocycles. The maximum absolute atomic E-state index is 11.9. The van der Waals surface area contributed by atoms with Crippen LogP contribution < -0.4 is 5.32 Å². The molecule has 0 aliphatic carbocycles. The summed E-state index contributed by atoms with van der Waals surface area (Å²) in [6, 6.07) is 3.81. The second-order valence-electron chi connectivity index (χ2n) is 5.09. The second kappa shape index (κ2) is 5.61. The van der Waals surface area contributed by atoms with E-state index in [9.17, 15) is 9.59 Å². The monoisotopic (exact) mass is 282 g/mol. The molecule has 6 heteroatoms. The van der Waals surface area contributed by atoms with E-state index in [4.69, 9.17) is 5.11 Å². The maximum atomic E-state index is 11.9. The summed E-state index contributed by atoms with van der Waals surface area (Å²) in [6.07, 6.45) is 1.02. The van der Waals surface area contributed by atoms with Gasteiger partial charge >= 0.3 is 12.0 Å². The molecule has 2 N–H and O–H groups in total. The molecule has 0 atom stereocenters. The predicted octanol–water partition coefficient (Wildman–Crippen LogP) is 2.14. The van der Waals surface area contributed by atoms with Gasteiger partial charge in [0.25, 0.3) is 0 Å². The number of carbonyl (C=O) groups excluding carboxylic acids is 1. The molecule has 104 valence electrons. The summed E-state index contributed by atoms with van der Waals surface area (Å²) >= 11 is 1.60. The zero-order valence-corrected chi connectivity index (χ0v) is 11.7. The van der Waals surface area contributed by atoms with Gasteiger partial charge in [0.05, 0.1) is 12.0 Å². The smallest absolute Gasteiger partial charge is 0.317 e. The van der Waals surface area contributed by atoms with Crippen LogP contribution in [0.5, 0.6) is 0 Å². The summed E-state index contributed by atoms with van der Waals surface area (Å²) in [4.78, 5) is 25.9. The van der Waals surface area contributed by atoms with Crippen molar-refractivity contribution in [1.29, 1.82) is 0 Å². The first-order valence-electron chi connectivity index (χ1n) is 6.30. The lowest BCUT2D eigenvalue weighted by Crippen LogP contribution is -2.48. The third kappa shape index (κ3) is 3.26. The number of aliphatic carboxylic acids is 1. The van der Waals surface area contributed by atoms with Gasteiger partial charge < -0.3 is 15.3 Å². The van der Waals surface area contributed by atoms with Gasteiger partial charge in [-0.1, -0.05) is 6.07 Å². The summed E-state index contributed by atoms with van der Waals surface area (Å²) < 4.78 is 0. The molecular formula is C13H18N2O3S. The molecule has 1 saturated heterocycles. The van der Waals surface area contributed by atoms with Gasteiger partial charge in [-0.15, -0.1) is 11.3 Å². The number of amides is 2. The number of carboxylic acid groups (broad SMARTS) is 1. The number of thiophene rings is 1. The summed E-state index contributed by atoms with van der Waals surface area (Å²) in [6.45, 7) is 3.28. The number of carbonyl (C=O) groups is 2. The number of hydrogen-bond donors (Lipinski definition) is 2. The topological polar surface area (TPSA) is 69.6 Å². The first-order valence-corrected chi connectivity index (χ1v) is 7.18. The molecule has 0 unspecified atom stereocenters. The molecule has 0 bridgehead atoms. The van der Waals surface area contributed by atoms with Gasteiger partial charge in [-0.25, -0.2) is 4.79 Å². The highest BCUT2D eigenvalue weighted by Gasteiger charge is 2.37. The van der Waals surface area contributed by atoms with Crippen LogP contribution in [-0.4, -0.2) is 35.1 Å². The zero-order chi connectivity index (χ0) is 13.9. The van der Waals surface area contributed by atoms with E-state index in [2.05, 4.69) is 5.32 Å². The zero-order valence-electron chi connectivity index (χ0n) is 10.9. The standard InChI is InChI=1S/C13H18N2O3S/c1-13(11(16)17)4-6-15(7-5-13)12(18)14-9-10-3-2-8-19-10/h2-3,8H,4-7,9H2,1H3,(H,14,18)(H,16,17). The molecule has 0 saturated carbocycles. The van der Waals surface area contributed by atoms with Crippen LogP contribution in [0.15, 0.2) is 17.5 Å².